The van der Waals surface area contributed by atoms with Crippen LogP contribution < -0.4 is 10.6 Å². The van der Waals surface area contributed by atoms with Crippen LogP contribution in [-0.2, 0) is 10.2 Å². The first-order chi connectivity index (χ1) is 13.8. The average Bonchev–Trinajstić information content (AvgIpc) is 2.69. The molecule has 0 aromatic heterocycles. The molecule has 2 aromatic carbocycles. The molecular weight excluding hydrogens is 499 g/mol. The summed E-state index contributed by atoms with van der Waals surface area (Å²) in [6.07, 6.45) is 1.66. The Labute approximate surface area is 189 Å². The van der Waals surface area contributed by atoms with Crippen molar-refractivity contribution in [3.8, 4) is 0 Å². The van der Waals surface area contributed by atoms with Crippen molar-refractivity contribution in [2.45, 2.75) is 38.0 Å². The third kappa shape index (κ3) is 4.59. The van der Waals surface area contributed by atoms with E-state index < -0.39 is 0 Å². The number of amides is 1. The van der Waals surface area contributed by atoms with E-state index in [9.17, 15) is 9.18 Å². The number of aryl methyl sites for hydroxylation is 1. The molecule has 2 N–H and O–H groups in total. The minimum Gasteiger partial charge on any atom is -0.359 e. The molecule has 0 spiro atoms. The SMILES string of the molecule is CNC(=O)C(C(C)c1cc(Br)cc(Br)c1)C1(c2ccc(F)c(C)c2)CCNCC1. The molecule has 1 amide bonds. The van der Waals surface area contributed by atoms with E-state index in [1.54, 1.807) is 14.0 Å². The molecule has 0 aliphatic carbocycles. The molecule has 156 valence electrons. The van der Waals surface area contributed by atoms with Crippen molar-refractivity contribution in [1.82, 2.24) is 10.6 Å². The molecular formula is C23H27Br2FN2O. The highest BCUT2D eigenvalue weighted by molar-refractivity contribution is 9.11. The second-order valence-electron chi connectivity index (χ2n) is 7.95. The maximum Gasteiger partial charge on any atom is 0.224 e. The lowest BCUT2D eigenvalue weighted by molar-refractivity contribution is -0.128. The molecule has 6 heteroatoms. The smallest absolute Gasteiger partial charge is 0.224 e. The van der Waals surface area contributed by atoms with Gasteiger partial charge in [0, 0.05) is 21.4 Å². The Morgan fingerprint density at radius 3 is 2.31 bits per heavy atom. The molecule has 1 saturated heterocycles. The Morgan fingerprint density at radius 2 is 1.76 bits per heavy atom. The fourth-order valence-electron chi connectivity index (χ4n) is 4.75. The molecule has 1 fully saturated rings. The van der Waals surface area contributed by atoms with Crippen LogP contribution in [0.25, 0.3) is 0 Å². The highest BCUT2D eigenvalue weighted by Gasteiger charge is 2.47. The molecule has 2 atom stereocenters. The predicted molar refractivity (Wildman–Crippen MR) is 123 cm³/mol. The number of rotatable bonds is 5. The van der Waals surface area contributed by atoms with Crippen LogP contribution in [0.15, 0.2) is 45.3 Å². The summed E-state index contributed by atoms with van der Waals surface area (Å²) in [7, 11) is 1.70. The highest BCUT2D eigenvalue weighted by Crippen LogP contribution is 2.47. The van der Waals surface area contributed by atoms with Crippen molar-refractivity contribution in [3.05, 3.63) is 67.9 Å². The second-order valence-corrected chi connectivity index (χ2v) is 9.78. The summed E-state index contributed by atoms with van der Waals surface area (Å²) in [6, 6.07) is 11.5. The van der Waals surface area contributed by atoms with Gasteiger partial charge in [0.15, 0.2) is 0 Å². The minimum atomic E-state index is -0.363. The third-order valence-corrected chi connectivity index (χ3v) is 7.18. The lowest BCUT2D eigenvalue weighted by Crippen LogP contribution is -2.51. The van der Waals surface area contributed by atoms with Gasteiger partial charge in [0.2, 0.25) is 5.91 Å². The van der Waals surface area contributed by atoms with E-state index in [0.29, 0.717) is 5.56 Å². The Balaban J connectivity index is 2.16. The van der Waals surface area contributed by atoms with Gasteiger partial charge in [-0.25, -0.2) is 4.39 Å². The number of piperidine rings is 1. The van der Waals surface area contributed by atoms with Crippen LogP contribution in [0.2, 0.25) is 0 Å². The second kappa shape index (κ2) is 9.27. The third-order valence-electron chi connectivity index (χ3n) is 6.26. The number of halogens is 3. The van der Waals surface area contributed by atoms with Crippen molar-refractivity contribution in [3.63, 3.8) is 0 Å². The van der Waals surface area contributed by atoms with Crippen LogP contribution in [0.1, 0.15) is 42.4 Å². The van der Waals surface area contributed by atoms with E-state index in [-0.39, 0.29) is 29.0 Å². The molecule has 1 heterocycles. The van der Waals surface area contributed by atoms with Gasteiger partial charge in [-0.1, -0.05) is 50.9 Å². The molecule has 0 radical (unpaired) electrons. The summed E-state index contributed by atoms with van der Waals surface area (Å²) < 4.78 is 16.0. The van der Waals surface area contributed by atoms with Crippen molar-refractivity contribution < 1.29 is 9.18 Å². The fraction of sp³-hybridized carbons (Fsp3) is 0.435. The number of hydrogen-bond acceptors (Lipinski definition) is 2. The number of hydrogen-bond donors (Lipinski definition) is 2. The standard InChI is InChI=1S/C23H27Br2FN2O/c1-14-10-17(4-5-20(14)26)23(6-8-28-9-7-23)21(22(29)27-3)15(2)16-11-18(24)13-19(25)12-16/h4-5,10-13,15,21,28H,6-9H2,1-3H3,(H,27,29). The van der Waals surface area contributed by atoms with Gasteiger partial charge in [-0.15, -0.1) is 0 Å². The lowest BCUT2D eigenvalue weighted by Gasteiger charge is -2.46. The Hall–Kier alpha value is -1.24. The van der Waals surface area contributed by atoms with Gasteiger partial charge in [-0.2, -0.15) is 0 Å². The zero-order chi connectivity index (χ0) is 21.2. The zero-order valence-electron chi connectivity index (χ0n) is 17.0. The molecule has 1 aliphatic heterocycles. The summed E-state index contributed by atoms with van der Waals surface area (Å²) in [6.45, 7) is 5.57. The summed E-state index contributed by atoms with van der Waals surface area (Å²) in [5.74, 6) is -0.483. The van der Waals surface area contributed by atoms with E-state index in [1.807, 2.05) is 18.2 Å². The summed E-state index contributed by atoms with van der Waals surface area (Å²) in [5.41, 5.74) is 2.40. The topological polar surface area (TPSA) is 41.1 Å². The monoisotopic (exact) mass is 524 g/mol. The van der Waals surface area contributed by atoms with E-state index >= 15 is 0 Å². The molecule has 1 aliphatic rings. The Bertz CT molecular complexity index is 876. The van der Waals surface area contributed by atoms with Crippen molar-refractivity contribution >= 4 is 37.8 Å². The molecule has 2 unspecified atom stereocenters. The maximum absolute atomic E-state index is 14.0. The summed E-state index contributed by atoms with van der Waals surface area (Å²) >= 11 is 7.15. The van der Waals surface area contributed by atoms with Gasteiger partial charge in [0.25, 0.3) is 0 Å². The van der Waals surface area contributed by atoms with E-state index in [4.69, 9.17) is 0 Å². The number of carbonyl (C=O) groups is 1. The predicted octanol–water partition coefficient (Wildman–Crippen LogP) is 5.45. The van der Waals surface area contributed by atoms with Gasteiger partial charge < -0.3 is 10.6 Å². The van der Waals surface area contributed by atoms with Gasteiger partial charge in [-0.3, -0.25) is 4.79 Å². The maximum atomic E-state index is 14.0. The van der Waals surface area contributed by atoms with Crippen LogP contribution >= 0.6 is 31.9 Å². The molecule has 3 rings (SSSR count). The van der Waals surface area contributed by atoms with Gasteiger partial charge >= 0.3 is 0 Å². The normalized spacial score (nSPS) is 18.1. The fourth-order valence-corrected chi connectivity index (χ4v) is 6.08. The molecule has 2 aromatic rings. The number of benzene rings is 2. The summed E-state index contributed by atoms with van der Waals surface area (Å²) in [4.78, 5) is 13.3. The van der Waals surface area contributed by atoms with Crippen molar-refractivity contribution in [1.29, 1.82) is 0 Å². The van der Waals surface area contributed by atoms with Gasteiger partial charge in [-0.05, 0) is 79.7 Å². The van der Waals surface area contributed by atoms with Gasteiger partial charge in [0.1, 0.15) is 5.82 Å². The first kappa shape index (κ1) is 22.4. The van der Waals surface area contributed by atoms with Crippen LogP contribution in [0.3, 0.4) is 0 Å². The number of carbonyl (C=O) groups excluding carboxylic acids is 1. The van der Waals surface area contributed by atoms with E-state index in [1.165, 1.54) is 6.07 Å². The van der Waals surface area contributed by atoms with E-state index in [0.717, 1.165) is 46.0 Å². The Morgan fingerprint density at radius 1 is 1.14 bits per heavy atom. The summed E-state index contributed by atoms with van der Waals surface area (Å²) in [5, 5.41) is 6.33. The first-order valence-corrected chi connectivity index (χ1v) is 11.5. The van der Waals surface area contributed by atoms with Crippen LogP contribution in [0.4, 0.5) is 4.39 Å². The average molecular weight is 526 g/mol. The Kier molecular flexibility index (Phi) is 7.18. The molecule has 0 bridgehead atoms. The quantitative estimate of drug-likeness (QED) is 0.545. The largest absolute Gasteiger partial charge is 0.359 e. The highest BCUT2D eigenvalue weighted by atomic mass is 79.9. The van der Waals surface area contributed by atoms with Crippen LogP contribution in [0, 0.1) is 18.7 Å². The van der Waals surface area contributed by atoms with E-state index in [2.05, 4.69) is 61.5 Å². The number of nitrogens with one attached hydrogen (secondary N) is 2. The van der Waals surface area contributed by atoms with Gasteiger partial charge in [0.05, 0.1) is 5.92 Å². The van der Waals surface area contributed by atoms with Crippen LogP contribution in [-0.4, -0.2) is 26.0 Å². The lowest BCUT2D eigenvalue weighted by atomic mass is 9.59. The molecule has 3 nitrogen and oxygen atoms in total. The molecule has 29 heavy (non-hydrogen) atoms. The van der Waals surface area contributed by atoms with Crippen molar-refractivity contribution in [2.75, 3.05) is 20.1 Å². The first-order valence-electron chi connectivity index (χ1n) is 9.93. The van der Waals surface area contributed by atoms with Crippen LogP contribution in [0.5, 0.6) is 0 Å². The minimum absolute atomic E-state index is 0.0211. The zero-order valence-corrected chi connectivity index (χ0v) is 20.2. The molecule has 0 saturated carbocycles. The van der Waals surface area contributed by atoms with Crippen molar-refractivity contribution in [2.24, 2.45) is 5.92 Å².